The molecule has 142 valence electrons. The molecule has 0 aliphatic rings. The molecule has 0 atom stereocenters. The summed E-state index contributed by atoms with van der Waals surface area (Å²) < 4.78 is 2.16. The predicted molar refractivity (Wildman–Crippen MR) is 118 cm³/mol. The van der Waals surface area contributed by atoms with Crippen molar-refractivity contribution in [3.05, 3.63) is 58.9 Å². The molecule has 1 aromatic carbocycles. The Morgan fingerprint density at radius 3 is 2.81 bits per heavy atom. The summed E-state index contributed by atoms with van der Waals surface area (Å²) in [6.45, 7) is 3.63. The lowest BCUT2D eigenvalue weighted by Crippen LogP contribution is -2.27. The van der Waals surface area contributed by atoms with Gasteiger partial charge in [0.2, 0.25) is 5.91 Å². The van der Waals surface area contributed by atoms with Crippen molar-refractivity contribution in [3.63, 3.8) is 0 Å². The highest BCUT2D eigenvalue weighted by Gasteiger charge is 2.12. The van der Waals surface area contributed by atoms with Crippen LogP contribution < -0.4 is 5.32 Å². The summed E-state index contributed by atoms with van der Waals surface area (Å²) in [7, 11) is 0. The van der Waals surface area contributed by atoms with Gasteiger partial charge in [0.1, 0.15) is 0 Å². The number of amides is 1. The van der Waals surface area contributed by atoms with Gasteiger partial charge in [-0.2, -0.15) is 11.8 Å². The number of nitrogens with zero attached hydrogens (tertiary/aromatic N) is 2. The van der Waals surface area contributed by atoms with Crippen molar-refractivity contribution >= 4 is 40.8 Å². The highest BCUT2D eigenvalue weighted by Crippen LogP contribution is 2.25. The standard InChI is InChI=1S/C20H23N3OS3/c1-2-23-18(16-7-4-3-5-8-16)13-22-20(23)27-15-19(24)21-10-12-25-14-17-9-6-11-26-17/h3-9,11,13H,2,10,12,14-15H2,1H3,(H,21,24). The molecule has 1 amide bonds. The van der Waals surface area contributed by atoms with Crippen LogP contribution >= 0.6 is 34.9 Å². The number of rotatable bonds is 10. The van der Waals surface area contributed by atoms with Crippen molar-refractivity contribution in [1.82, 2.24) is 14.9 Å². The second kappa shape index (κ2) is 10.6. The number of hydrogen-bond acceptors (Lipinski definition) is 5. The van der Waals surface area contributed by atoms with Gasteiger partial charge in [-0.15, -0.1) is 11.3 Å². The van der Waals surface area contributed by atoms with E-state index in [2.05, 4.69) is 51.4 Å². The minimum atomic E-state index is 0.0589. The third-order valence-electron chi connectivity index (χ3n) is 3.93. The van der Waals surface area contributed by atoms with Gasteiger partial charge >= 0.3 is 0 Å². The Hall–Kier alpha value is -1.70. The molecule has 0 radical (unpaired) electrons. The monoisotopic (exact) mass is 417 g/mol. The van der Waals surface area contributed by atoms with Crippen molar-refractivity contribution in [2.45, 2.75) is 24.4 Å². The lowest BCUT2D eigenvalue weighted by molar-refractivity contribution is -0.118. The number of hydrogen-bond donors (Lipinski definition) is 1. The number of carbonyl (C=O) groups is 1. The van der Waals surface area contributed by atoms with Gasteiger partial charge in [0, 0.05) is 29.5 Å². The molecule has 0 saturated heterocycles. The number of imidazole rings is 1. The minimum absolute atomic E-state index is 0.0589. The molecule has 2 aromatic heterocycles. The SMILES string of the molecule is CCn1c(-c2ccccc2)cnc1SCC(=O)NCCSCc1cccs1. The van der Waals surface area contributed by atoms with Gasteiger partial charge in [-0.25, -0.2) is 4.98 Å². The van der Waals surface area contributed by atoms with Gasteiger partial charge in [-0.1, -0.05) is 48.2 Å². The van der Waals surface area contributed by atoms with Gasteiger partial charge < -0.3 is 9.88 Å². The minimum Gasteiger partial charge on any atom is -0.355 e. The fraction of sp³-hybridized carbons (Fsp3) is 0.300. The largest absolute Gasteiger partial charge is 0.355 e. The Labute approximate surface area is 172 Å². The fourth-order valence-electron chi connectivity index (χ4n) is 2.63. The van der Waals surface area contributed by atoms with E-state index in [9.17, 15) is 4.79 Å². The van der Waals surface area contributed by atoms with E-state index in [0.717, 1.165) is 34.5 Å². The molecule has 0 fully saturated rings. The van der Waals surface area contributed by atoms with E-state index in [-0.39, 0.29) is 5.91 Å². The Morgan fingerprint density at radius 1 is 1.22 bits per heavy atom. The van der Waals surface area contributed by atoms with Gasteiger partial charge in [0.25, 0.3) is 0 Å². The average molecular weight is 418 g/mol. The summed E-state index contributed by atoms with van der Waals surface area (Å²) in [5.41, 5.74) is 2.23. The van der Waals surface area contributed by atoms with Crippen molar-refractivity contribution in [2.24, 2.45) is 0 Å². The lowest BCUT2D eigenvalue weighted by Gasteiger charge is -2.09. The van der Waals surface area contributed by atoms with Crippen LogP contribution in [-0.4, -0.2) is 33.5 Å². The second-order valence-corrected chi connectivity index (χ2v) is 8.89. The maximum absolute atomic E-state index is 12.1. The van der Waals surface area contributed by atoms with Crippen LogP contribution in [0.3, 0.4) is 0 Å². The van der Waals surface area contributed by atoms with Crippen LogP contribution in [0.5, 0.6) is 0 Å². The van der Waals surface area contributed by atoms with Crippen LogP contribution in [0.4, 0.5) is 0 Å². The zero-order valence-electron chi connectivity index (χ0n) is 15.3. The zero-order chi connectivity index (χ0) is 18.9. The lowest BCUT2D eigenvalue weighted by atomic mass is 10.2. The summed E-state index contributed by atoms with van der Waals surface area (Å²) in [4.78, 5) is 18.0. The summed E-state index contributed by atoms with van der Waals surface area (Å²) >= 11 is 5.11. The first-order valence-corrected chi connectivity index (χ1v) is 11.9. The average Bonchev–Trinajstić information content (AvgIpc) is 3.36. The first-order valence-electron chi connectivity index (χ1n) is 8.88. The van der Waals surface area contributed by atoms with E-state index in [1.54, 1.807) is 11.3 Å². The smallest absolute Gasteiger partial charge is 0.230 e. The normalized spacial score (nSPS) is 10.9. The van der Waals surface area contributed by atoms with E-state index >= 15 is 0 Å². The molecule has 3 rings (SSSR count). The van der Waals surface area contributed by atoms with Crippen molar-refractivity contribution < 1.29 is 4.79 Å². The number of thiophene rings is 1. The molecule has 2 heterocycles. The van der Waals surface area contributed by atoms with Crippen LogP contribution in [0.1, 0.15) is 11.8 Å². The van der Waals surface area contributed by atoms with Crippen LogP contribution in [0, 0.1) is 0 Å². The quantitative estimate of drug-likeness (QED) is 0.381. The molecule has 4 nitrogen and oxygen atoms in total. The molecule has 7 heteroatoms. The summed E-state index contributed by atoms with van der Waals surface area (Å²) in [6, 6.07) is 14.4. The molecule has 0 bridgehead atoms. The number of carbonyl (C=O) groups excluding carboxylic acids is 1. The maximum Gasteiger partial charge on any atom is 0.230 e. The van der Waals surface area contributed by atoms with Crippen LogP contribution in [0.2, 0.25) is 0 Å². The van der Waals surface area contributed by atoms with Gasteiger partial charge in [0.15, 0.2) is 5.16 Å². The van der Waals surface area contributed by atoms with Crippen molar-refractivity contribution in [3.8, 4) is 11.3 Å². The van der Waals surface area contributed by atoms with Crippen LogP contribution in [0.15, 0.2) is 59.2 Å². The van der Waals surface area contributed by atoms with E-state index < -0.39 is 0 Å². The zero-order valence-corrected chi connectivity index (χ0v) is 17.7. The molecule has 3 aromatic rings. The molecule has 0 aliphatic heterocycles. The van der Waals surface area contributed by atoms with E-state index in [1.807, 2.05) is 36.2 Å². The number of thioether (sulfide) groups is 2. The first kappa shape index (κ1) is 20.0. The van der Waals surface area contributed by atoms with Gasteiger partial charge in [-0.3, -0.25) is 4.79 Å². The molecule has 1 N–H and O–H groups in total. The molecule has 0 spiro atoms. The first-order chi connectivity index (χ1) is 13.3. The highest BCUT2D eigenvalue weighted by molar-refractivity contribution is 7.99. The molecular weight excluding hydrogens is 394 g/mol. The third kappa shape index (κ3) is 5.89. The molecule has 27 heavy (non-hydrogen) atoms. The summed E-state index contributed by atoms with van der Waals surface area (Å²) in [6.07, 6.45) is 1.89. The summed E-state index contributed by atoms with van der Waals surface area (Å²) in [5, 5.41) is 5.98. The van der Waals surface area contributed by atoms with Crippen LogP contribution in [0.25, 0.3) is 11.3 Å². The van der Waals surface area contributed by atoms with E-state index in [1.165, 1.54) is 16.6 Å². The fourth-order valence-corrected chi connectivity index (χ4v) is 5.20. The Bertz CT molecular complexity index is 832. The topological polar surface area (TPSA) is 46.9 Å². The summed E-state index contributed by atoms with van der Waals surface area (Å²) in [5.74, 6) is 2.39. The van der Waals surface area contributed by atoms with Crippen molar-refractivity contribution in [2.75, 3.05) is 18.1 Å². The number of benzene rings is 1. The Balaban J connectivity index is 1.43. The van der Waals surface area contributed by atoms with Crippen LogP contribution in [-0.2, 0) is 17.1 Å². The van der Waals surface area contributed by atoms with Gasteiger partial charge in [-0.05, 0) is 23.9 Å². The Kier molecular flexibility index (Phi) is 7.86. The van der Waals surface area contributed by atoms with E-state index in [0.29, 0.717) is 12.3 Å². The molecule has 0 saturated carbocycles. The molecular formula is C20H23N3OS3. The highest BCUT2D eigenvalue weighted by atomic mass is 32.2. The maximum atomic E-state index is 12.1. The second-order valence-electron chi connectivity index (χ2n) is 5.81. The van der Waals surface area contributed by atoms with E-state index in [4.69, 9.17) is 0 Å². The molecule has 0 aliphatic carbocycles. The Morgan fingerprint density at radius 2 is 2.07 bits per heavy atom. The number of nitrogens with one attached hydrogen (secondary N) is 1. The van der Waals surface area contributed by atoms with Gasteiger partial charge in [0.05, 0.1) is 17.6 Å². The third-order valence-corrected chi connectivity index (χ3v) is 6.99. The number of aromatic nitrogens is 2. The van der Waals surface area contributed by atoms with Crippen molar-refractivity contribution in [1.29, 1.82) is 0 Å². The predicted octanol–water partition coefficient (Wildman–Crippen LogP) is 4.77. The molecule has 0 unspecified atom stereocenters.